The average molecular weight is 464 g/mol. The van der Waals surface area contributed by atoms with Crippen molar-refractivity contribution in [2.75, 3.05) is 35.4 Å². The second kappa shape index (κ2) is 8.51. The number of amides is 1. The predicted molar refractivity (Wildman–Crippen MR) is 121 cm³/mol. The maximum absolute atomic E-state index is 13.8. The largest absolute Gasteiger partial charge is 0.497 e. The van der Waals surface area contributed by atoms with Crippen LogP contribution in [0.1, 0.15) is 5.56 Å². The fourth-order valence-electron chi connectivity index (χ4n) is 3.52. The van der Waals surface area contributed by atoms with E-state index in [0.29, 0.717) is 22.2 Å². The highest BCUT2D eigenvalue weighted by Crippen LogP contribution is 2.37. The number of thioether (sulfide) groups is 1. The van der Waals surface area contributed by atoms with Gasteiger partial charge >= 0.3 is 0 Å². The van der Waals surface area contributed by atoms with Gasteiger partial charge in [0.15, 0.2) is 15.0 Å². The van der Waals surface area contributed by atoms with Crippen LogP contribution >= 0.6 is 11.8 Å². The quantitative estimate of drug-likeness (QED) is 0.734. The lowest BCUT2D eigenvalue weighted by molar-refractivity contribution is -0.114. The van der Waals surface area contributed by atoms with Gasteiger partial charge in [0, 0.05) is 16.6 Å². The Balaban J connectivity index is 1.56. The second-order valence-electron chi connectivity index (χ2n) is 7.51. The molecule has 2 aromatic carbocycles. The summed E-state index contributed by atoms with van der Waals surface area (Å²) in [6, 6.07) is 11.4. The molecule has 31 heavy (non-hydrogen) atoms. The maximum Gasteiger partial charge on any atom is 0.244 e. The van der Waals surface area contributed by atoms with Gasteiger partial charge in [-0.3, -0.25) is 9.79 Å². The molecule has 2 aliphatic heterocycles. The molecule has 10 heteroatoms. The molecule has 4 rings (SSSR count). The summed E-state index contributed by atoms with van der Waals surface area (Å²) < 4.78 is 42.8. The van der Waals surface area contributed by atoms with Crippen molar-refractivity contribution < 1.29 is 22.3 Å². The number of aryl methyl sites for hydroxylation is 1. The Labute approximate surface area is 184 Å². The van der Waals surface area contributed by atoms with Crippen molar-refractivity contribution in [3.05, 3.63) is 53.8 Å². The zero-order valence-electron chi connectivity index (χ0n) is 17.0. The number of sulfone groups is 1. The van der Waals surface area contributed by atoms with Crippen LogP contribution < -0.4 is 15.0 Å². The summed E-state index contributed by atoms with van der Waals surface area (Å²) >= 11 is 1.37. The average Bonchev–Trinajstić information content (AvgIpc) is 3.22. The zero-order chi connectivity index (χ0) is 22.2. The summed E-state index contributed by atoms with van der Waals surface area (Å²) in [6.07, 6.45) is 0. The number of amidine groups is 1. The van der Waals surface area contributed by atoms with Crippen molar-refractivity contribution in [2.24, 2.45) is 4.99 Å². The highest BCUT2D eigenvalue weighted by molar-refractivity contribution is 8.15. The lowest BCUT2D eigenvalue weighted by Gasteiger charge is -2.24. The van der Waals surface area contributed by atoms with Gasteiger partial charge in [0.05, 0.1) is 24.7 Å². The van der Waals surface area contributed by atoms with E-state index < -0.39 is 15.7 Å². The van der Waals surface area contributed by atoms with E-state index in [9.17, 15) is 17.6 Å². The molecule has 0 aromatic heterocycles. The number of hydrogen-bond acceptors (Lipinski definition) is 7. The van der Waals surface area contributed by atoms with E-state index in [4.69, 9.17) is 4.74 Å². The molecule has 0 spiro atoms. The minimum absolute atomic E-state index is 0.0272. The summed E-state index contributed by atoms with van der Waals surface area (Å²) in [5.41, 5.74) is 1.59. The first-order chi connectivity index (χ1) is 14.7. The molecule has 0 saturated carbocycles. The van der Waals surface area contributed by atoms with E-state index in [2.05, 4.69) is 10.3 Å². The zero-order valence-corrected chi connectivity index (χ0v) is 18.7. The fraction of sp³-hybridized carbons (Fsp3) is 0.333. The van der Waals surface area contributed by atoms with E-state index in [-0.39, 0.29) is 35.2 Å². The van der Waals surface area contributed by atoms with Crippen LogP contribution in [0.2, 0.25) is 0 Å². The number of benzene rings is 2. The van der Waals surface area contributed by atoms with Crippen molar-refractivity contribution in [1.82, 2.24) is 0 Å². The van der Waals surface area contributed by atoms with Crippen molar-refractivity contribution >= 4 is 44.0 Å². The molecule has 0 unspecified atom stereocenters. The van der Waals surface area contributed by atoms with Crippen molar-refractivity contribution in [2.45, 2.75) is 18.2 Å². The van der Waals surface area contributed by atoms with Gasteiger partial charge < -0.3 is 15.0 Å². The number of anilines is 2. The lowest BCUT2D eigenvalue weighted by Crippen LogP contribution is -2.36. The van der Waals surface area contributed by atoms with E-state index in [1.165, 1.54) is 17.8 Å². The van der Waals surface area contributed by atoms with Crippen LogP contribution in [0.5, 0.6) is 5.75 Å². The molecule has 2 aliphatic rings. The van der Waals surface area contributed by atoms with Gasteiger partial charge in [-0.05, 0) is 48.9 Å². The molecule has 1 amide bonds. The van der Waals surface area contributed by atoms with Crippen LogP contribution in [0.15, 0.2) is 47.5 Å². The second-order valence-corrected chi connectivity index (χ2v) is 10.9. The molecule has 2 heterocycles. The minimum Gasteiger partial charge on any atom is -0.497 e. The van der Waals surface area contributed by atoms with Crippen molar-refractivity contribution in [3.63, 3.8) is 0 Å². The molecular formula is C21H22FN3O4S2. The standard InChI is InChI=1S/C21H22FN3O4S2/c1-13-3-4-14(9-17(13)22)23-20(26)10-25(15-5-7-16(29-2)8-6-15)21-24-18-11-31(27,28)12-19(18)30-21/h3-9,18-19H,10-12H2,1-2H3,(H,23,26)/t18-,19+/m0/s1. The summed E-state index contributed by atoms with van der Waals surface area (Å²) in [5.74, 6) is 0.0500. The number of nitrogens with one attached hydrogen (secondary N) is 1. The molecule has 0 radical (unpaired) electrons. The van der Waals surface area contributed by atoms with Crippen LogP contribution in [-0.4, -0.2) is 55.9 Å². The van der Waals surface area contributed by atoms with Crippen LogP contribution in [0, 0.1) is 12.7 Å². The number of methoxy groups -OCH3 is 1. The number of carbonyl (C=O) groups excluding carboxylic acids is 1. The number of aliphatic imine (C=N–C) groups is 1. The van der Waals surface area contributed by atoms with Crippen LogP contribution in [0.25, 0.3) is 0 Å². The molecular weight excluding hydrogens is 441 g/mol. The van der Waals surface area contributed by atoms with E-state index >= 15 is 0 Å². The molecule has 1 N–H and O–H groups in total. The highest BCUT2D eigenvalue weighted by Gasteiger charge is 2.44. The Morgan fingerprint density at radius 2 is 2.00 bits per heavy atom. The van der Waals surface area contributed by atoms with E-state index in [1.54, 1.807) is 43.2 Å². The molecule has 164 valence electrons. The molecule has 2 atom stereocenters. The third-order valence-corrected chi connectivity index (χ3v) is 8.42. The third-order valence-electron chi connectivity index (χ3n) is 5.18. The number of fused-ring (bicyclic) bond motifs is 1. The first-order valence-corrected chi connectivity index (χ1v) is 12.4. The monoisotopic (exact) mass is 463 g/mol. The number of hydrogen-bond donors (Lipinski definition) is 1. The molecule has 0 aliphatic carbocycles. The van der Waals surface area contributed by atoms with Gasteiger partial charge in [0.25, 0.3) is 0 Å². The Morgan fingerprint density at radius 1 is 1.26 bits per heavy atom. The normalized spacial score (nSPS) is 21.3. The SMILES string of the molecule is COc1ccc(N(CC(=O)Nc2ccc(C)c(F)c2)C2=N[C@H]3CS(=O)(=O)C[C@H]3S2)cc1. The van der Waals surface area contributed by atoms with E-state index in [0.717, 1.165) is 5.69 Å². The summed E-state index contributed by atoms with van der Waals surface area (Å²) in [4.78, 5) is 19.1. The molecule has 0 bridgehead atoms. The van der Waals surface area contributed by atoms with Gasteiger partial charge in [0.1, 0.15) is 18.1 Å². The Bertz CT molecular complexity index is 1140. The van der Waals surface area contributed by atoms with Gasteiger partial charge in [-0.25, -0.2) is 12.8 Å². The van der Waals surface area contributed by atoms with Gasteiger partial charge in [-0.15, -0.1) is 0 Å². The van der Waals surface area contributed by atoms with Gasteiger partial charge in [-0.2, -0.15) is 0 Å². The lowest BCUT2D eigenvalue weighted by atomic mass is 10.2. The van der Waals surface area contributed by atoms with Crippen LogP contribution in [-0.2, 0) is 14.6 Å². The Kier molecular flexibility index (Phi) is 5.94. The van der Waals surface area contributed by atoms with Gasteiger partial charge in [0.2, 0.25) is 5.91 Å². The molecule has 1 fully saturated rings. The highest BCUT2D eigenvalue weighted by atomic mass is 32.2. The Morgan fingerprint density at radius 3 is 2.65 bits per heavy atom. The fourth-order valence-corrected chi connectivity index (χ4v) is 7.30. The number of ether oxygens (including phenoxy) is 1. The summed E-state index contributed by atoms with van der Waals surface area (Å²) in [7, 11) is -1.51. The first-order valence-electron chi connectivity index (χ1n) is 9.66. The van der Waals surface area contributed by atoms with Crippen LogP contribution in [0.3, 0.4) is 0 Å². The van der Waals surface area contributed by atoms with Crippen LogP contribution in [0.4, 0.5) is 15.8 Å². The number of rotatable bonds is 5. The smallest absolute Gasteiger partial charge is 0.244 e. The maximum atomic E-state index is 13.8. The molecule has 1 saturated heterocycles. The minimum atomic E-state index is -3.08. The molecule has 2 aromatic rings. The predicted octanol–water partition coefficient (Wildman–Crippen LogP) is 2.86. The van der Waals surface area contributed by atoms with E-state index in [1.807, 2.05) is 12.1 Å². The number of nitrogens with zero attached hydrogens (tertiary/aromatic N) is 2. The summed E-state index contributed by atoms with van der Waals surface area (Å²) in [5, 5.41) is 3.17. The first kappa shape index (κ1) is 21.6. The summed E-state index contributed by atoms with van der Waals surface area (Å²) in [6.45, 7) is 1.60. The van der Waals surface area contributed by atoms with Crippen molar-refractivity contribution in [1.29, 1.82) is 0 Å². The van der Waals surface area contributed by atoms with Gasteiger partial charge in [-0.1, -0.05) is 17.8 Å². The topological polar surface area (TPSA) is 88.1 Å². The number of halogens is 1. The molecule has 7 nitrogen and oxygen atoms in total. The Hall–Kier alpha value is -2.59. The number of carbonyl (C=O) groups is 1. The van der Waals surface area contributed by atoms with Crippen molar-refractivity contribution in [3.8, 4) is 5.75 Å². The third kappa shape index (κ3) is 4.85.